The van der Waals surface area contributed by atoms with Gasteiger partial charge in [-0.3, -0.25) is 9.59 Å². The average Bonchev–Trinajstić information content (AvgIpc) is 3.33. The first kappa shape index (κ1) is 62.1. The maximum absolute atomic E-state index is 13.0. The summed E-state index contributed by atoms with van der Waals surface area (Å²) < 4.78 is 33.6. The van der Waals surface area contributed by atoms with Crippen molar-refractivity contribution in [3.8, 4) is 0 Å². The Morgan fingerprint density at radius 3 is 1.35 bits per heavy atom. The molecule has 0 spiro atoms. The van der Waals surface area contributed by atoms with Crippen LogP contribution < -0.4 is 0 Å². The van der Waals surface area contributed by atoms with Crippen LogP contribution in [0.2, 0.25) is 0 Å². The Kier molecular flexibility index (Phi) is 37.0. The molecule has 68 heavy (non-hydrogen) atoms. The summed E-state index contributed by atoms with van der Waals surface area (Å²) in [4.78, 5) is 25.8. The third-order valence-electron chi connectivity index (χ3n) is 12.9. The van der Waals surface area contributed by atoms with E-state index in [9.17, 15) is 45.3 Å². The van der Waals surface area contributed by atoms with E-state index in [0.717, 1.165) is 38.5 Å². The third-order valence-corrected chi connectivity index (χ3v) is 12.9. The predicted octanol–water partition coefficient (Wildman–Crippen LogP) is 7.94. The fraction of sp³-hybridized carbons (Fsp3) is 0.887. The van der Waals surface area contributed by atoms with E-state index in [1.54, 1.807) is 0 Å². The Bertz CT molecular complexity index is 1280. The first-order valence-corrected chi connectivity index (χ1v) is 26.9. The minimum Gasteiger partial charge on any atom is -0.462 e. The van der Waals surface area contributed by atoms with Gasteiger partial charge in [-0.25, -0.2) is 0 Å². The number of hydrogen-bond donors (Lipinski definition) is 7. The van der Waals surface area contributed by atoms with E-state index in [2.05, 4.69) is 32.1 Å². The molecule has 0 radical (unpaired) electrons. The van der Waals surface area contributed by atoms with Gasteiger partial charge in [0.1, 0.15) is 55.4 Å². The fourth-order valence-corrected chi connectivity index (χ4v) is 8.46. The molecule has 0 aliphatic carbocycles. The third kappa shape index (κ3) is 28.1. The van der Waals surface area contributed by atoms with Gasteiger partial charge in [0, 0.05) is 12.8 Å². The highest BCUT2D eigenvalue weighted by molar-refractivity contribution is 5.70. The van der Waals surface area contributed by atoms with Gasteiger partial charge < -0.3 is 64.2 Å². The molecule has 7 N–H and O–H groups in total. The Morgan fingerprint density at radius 1 is 0.456 bits per heavy atom. The zero-order chi connectivity index (χ0) is 49.6. The Labute approximate surface area is 409 Å². The maximum atomic E-state index is 13.0. The monoisotopic (exact) mass is 973 g/mol. The summed E-state index contributed by atoms with van der Waals surface area (Å²) in [5, 5.41) is 72.1. The first-order chi connectivity index (χ1) is 33.0. The summed E-state index contributed by atoms with van der Waals surface area (Å²) in [6.07, 6.45) is 25.0. The second-order valence-electron chi connectivity index (χ2n) is 19.0. The summed E-state index contributed by atoms with van der Waals surface area (Å²) in [7, 11) is 0. The van der Waals surface area contributed by atoms with Gasteiger partial charge in [-0.1, -0.05) is 167 Å². The summed E-state index contributed by atoms with van der Waals surface area (Å²) in [6.45, 7) is 2.56. The highest BCUT2D eigenvalue weighted by Gasteiger charge is 2.47. The molecule has 0 bridgehead atoms. The van der Waals surface area contributed by atoms with Crippen molar-refractivity contribution in [1.29, 1.82) is 0 Å². The van der Waals surface area contributed by atoms with Crippen molar-refractivity contribution in [2.24, 2.45) is 0 Å². The van der Waals surface area contributed by atoms with Gasteiger partial charge in [0.25, 0.3) is 0 Å². The van der Waals surface area contributed by atoms with Crippen LogP contribution in [0, 0.1) is 0 Å². The van der Waals surface area contributed by atoms with E-state index in [0.29, 0.717) is 12.8 Å². The lowest BCUT2D eigenvalue weighted by Gasteiger charge is -2.42. The van der Waals surface area contributed by atoms with Gasteiger partial charge in [0.15, 0.2) is 18.7 Å². The largest absolute Gasteiger partial charge is 0.462 e. The number of ether oxygens (including phenoxy) is 6. The van der Waals surface area contributed by atoms with Crippen molar-refractivity contribution >= 4 is 11.9 Å². The van der Waals surface area contributed by atoms with E-state index >= 15 is 0 Å². The highest BCUT2D eigenvalue weighted by atomic mass is 16.7. The highest BCUT2D eigenvalue weighted by Crippen LogP contribution is 2.26. The molecule has 2 aliphatic rings. The number of carbonyl (C=O) groups is 2. The van der Waals surface area contributed by atoms with Crippen molar-refractivity contribution in [2.75, 3.05) is 26.4 Å². The van der Waals surface area contributed by atoms with Crippen molar-refractivity contribution in [2.45, 2.75) is 274 Å². The lowest BCUT2D eigenvalue weighted by atomic mass is 9.98. The predicted molar refractivity (Wildman–Crippen MR) is 261 cm³/mol. The molecule has 0 aromatic carbocycles. The van der Waals surface area contributed by atoms with E-state index in [1.807, 2.05) is 6.08 Å². The number of allylic oxidation sites excluding steroid dienone is 4. The number of rotatable bonds is 42. The minimum atomic E-state index is -1.77. The normalized spacial score (nSPS) is 25.9. The van der Waals surface area contributed by atoms with E-state index in [-0.39, 0.29) is 19.4 Å². The molecule has 2 rings (SSSR count). The van der Waals surface area contributed by atoms with Crippen molar-refractivity contribution in [3.63, 3.8) is 0 Å². The Hall–Kier alpha value is -2.02. The van der Waals surface area contributed by atoms with Crippen LogP contribution >= 0.6 is 0 Å². The molecule has 0 amide bonds. The van der Waals surface area contributed by atoms with Crippen LogP contribution in [0.25, 0.3) is 0 Å². The summed E-state index contributed by atoms with van der Waals surface area (Å²) in [5.74, 6) is -0.980. The fourth-order valence-electron chi connectivity index (χ4n) is 8.46. The Morgan fingerprint density at radius 2 is 0.868 bits per heavy atom. The molecule has 2 saturated heterocycles. The first-order valence-electron chi connectivity index (χ1n) is 26.9. The second kappa shape index (κ2) is 40.6. The topological polar surface area (TPSA) is 231 Å². The minimum absolute atomic E-state index is 0.0833. The smallest absolute Gasteiger partial charge is 0.306 e. The van der Waals surface area contributed by atoms with E-state index < -0.39 is 99.3 Å². The van der Waals surface area contributed by atoms with Crippen LogP contribution in [0.15, 0.2) is 24.3 Å². The van der Waals surface area contributed by atoms with Crippen LogP contribution in [-0.4, -0.2) is 142 Å². The van der Waals surface area contributed by atoms with Crippen LogP contribution in [0.5, 0.6) is 0 Å². The van der Waals surface area contributed by atoms with Crippen molar-refractivity contribution < 1.29 is 73.8 Å². The molecule has 0 aromatic rings. The number of aliphatic hydroxyl groups excluding tert-OH is 7. The molecule has 2 aliphatic heterocycles. The summed E-state index contributed by atoms with van der Waals surface area (Å²) in [6, 6.07) is 0. The van der Waals surface area contributed by atoms with Crippen molar-refractivity contribution in [1.82, 2.24) is 0 Å². The average molecular weight is 973 g/mol. The number of esters is 2. The van der Waals surface area contributed by atoms with Gasteiger partial charge in [-0.05, 0) is 51.4 Å². The molecular formula is C53H96O15. The molecule has 0 aromatic heterocycles. The molecule has 4 unspecified atom stereocenters. The number of unbranched alkanes of at least 4 members (excludes halogenated alkanes) is 24. The number of aliphatic hydroxyl groups is 7. The van der Waals surface area contributed by atoms with Gasteiger partial charge >= 0.3 is 11.9 Å². The molecule has 398 valence electrons. The van der Waals surface area contributed by atoms with Gasteiger partial charge in [-0.15, -0.1) is 0 Å². The standard InChI is InChI=1S/C53H96O15/c1-3-5-7-9-11-13-15-17-19-20-22-23-25-27-29-31-33-35-44(55)63-38-41(66-45(56)36-34-32-30-28-26-24-21-18-16-14-12-10-8-6-4-2)39-64-52-51(62)49(60)47(58)43(68-52)40-65-53-50(61)48(59)46(57)42(37-54)67-53/h17,19,30,32,41-43,46-54,57-62H,3-16,18,20-29,31,33-40H2,1-2H3/b19-17+,32-30+/t41-,42+,43+,46-,47-,48?,49?,50?,51?,52+,53+/m0/s1. The second-order valence-corrected chi connectivity index (χ2v) is 19.0. The van der Waals surface area contributed by atoms with Crippen LogP contribution in [0.4, 0.5) is 0 Å². The SMILES string of the molecule is CCCCCCCC/C=C/CCCCCCCCCC(=O)OC[C@@H](CO[C@@H]1O[C@H](CO[C@@H]2O[C@H](CO)[C@H](O)C(O)C2O)[C@H](O)C(O)C1O)OC(=O)CC/C=C/CCCCCCCCCCCCC. The van der Waals surface area contributed by atoms with Crippen LogP contribution in [0.1, 0.15) is 206 Å². The van der Waals surface area contributed by atoms with E-state index in [4.69, 9.17) is 28.4 Å². The zero-order valence-electron chi connectivity index (χ0n) is 42.1. The molecule has 0 saturated carbocycles. The van der Waals surface area contributed by atoms with Gasteiger partial charge in [-0.2, -0.15) is 0 Å². The zero-order valence-corrected chi connectivity index (χ0v) is 42.1. The van der Waals surface area contributed by atoms with E-state index in [1.165, 1.54) is 128 Å². The maximum Gasteiger partial charge on any atom is 0.306 e. The lowest BCUT2D eigenvalue weighted by Crippen LogP contribution is -2.61. The number of carbonyl (C=O) groups excluding carboxylic acids is 2. The van der Waals surface area contributed by atoms with Crippen LogP contribution in [0.3, 0.4) is 0 Å². The molecule has 11 atom stereocenters. The molecular weight excluding hydrogens is 877 g/mol. The summed E-state index contributed by atoms with van der Waals surface area (Å²) >= 11 is 0. The van der Waals surface area contributed by atoms with Gasteiger partial charge in [0.05, 0.1) is 19.8 Å². The molecule has 15 nitrogen and oxygen atoms in total. The van der Waals surface area contributed by atoms with Gasteiger partial charge in [0.2, 0.25) is 0 Å². The Balaban J connectivity index is 1.80. The molecule has 2 heterocycles. The molecule has 2 fully saturated rings. The molecule has 15 heteroatoms. The quantitative estimate of drug-likeness (QED) is 0.0175. The lowest BCUT2D eigenvalue weighted by molar-refractivity contribution is -0.332. The van der Waals surface area contributed by atoms with Crippen molar-refractivity contribution in [3.05, 3.63) is 24.3 Å². The number of hydrogen-bond acceptors (Lipinski definition) is 15. The van der Waals surface area contributed by atoms with Crippen LogP contribution in [-0.2, 0) is 38.0 Å². The summed E-state index contributed by atoms with van der Waals surface area (Å²) in [5.41, 5.74) is 0.